The number of hydrogen-bond donors (Lipinski definition) is 0. The largest absolute Gasteiger partial charge is 0.373 e. The number of nitrogens with zero attached hydrogens (tertiary/aromatic N) is 4. The summed E-state index contributed by atoms with van der Waals surface area (Å²) in [7, 11) is 2.02. The predicted octanol–water partition coefficient (Wildman–Crippen LogP) is 2.52. The third-order valence-electron chi connectivity index (χ3n) is 5.69. The number of likely N-dealkylation sites (tertiary alicyclic amines) is 1. The second-order valence-electron chi connectivity index (χ2n) is 7.30. The molecule has 7 heteroatoms. The molecular formula is C20H23FN4O2. The van der Waals surface area contributed by atoms with Crippen molar-refractivity contribution in [1.29, 1.82) is 0 Å². The van der Waals surface area contributed by atoms with Crippen LogP contribution in [0.3, 0.4) is 0 Å². The Morgan fingerprint density at radius 1 is 1.22 bits per heavy atom. The summed E-state index contributed by atoms with van der Waals surface area (Å²) >= 11 is 0. The van der Waals surface area contributed by atoms with Crippen LogP contribution in [0.15, 0.2) is 42.7 Å². The molecule has 2 saturated heterocycles. The van der Waals surface area contributed by atoms with Crippen LogP contribution in [0, 0.1) is 5.82 Å². The van der Waals surface area contributed by atoms with Gasteiger partial charge in [-0.15, -0.1) is 0 Å². The van der Waals surface area contributed by atoms with Gasteiger partial charge in [0.1, 0.15) is 5.82 Å². The lowest BCUT2D eigenvalue weighted by Crippen LogP contribution is -2.47. The molecule has 0 aliphatic carbocycles. The zero-order valence-electron chi connectivity index (χ0n) is 15.3. The first-order valence-electron chi connectivity index (χ1n) is 9.25. The summed E-state index contributed by atoms with van der Waals surface area (Å²) in [6.45, 7) is 1.93. The van der Waals surface area contributed by atoms with E-state index in [9.17, 15) is 9.18 Å². The molecule has 27 heavy (non-hydrogen) atoms. The molecule has 142 valence electrons. The normalized spacial score (nSPS) is 21.4. The van der Waals surface area contributed by atoms with E-state index in [4.69, 9.17) is 4.74 Å². The number of carbonyl (C=O) groups excluding carboxylic acids is 1. The standard InChI is InChI=1S/C20H23FN4O2/c1-24(16-5-3-15(21)4-6-16)17-13-20(27-14-17)7-11-25(12-8-20)19(26)18-22-9-2-10-23-18/h2-6,9-10,17H,7-8,11-14H2,1H3. The summed E-state index contributed by atoms with van der Waals surface area (Å²) in [5.74, 6) is -0.108. The van der Waals surface area contributed by atoms with Gasteiger partial charge in [-0.3, -0.25) is 4.79 Å². The number of aromatic nitrogens is 2. The van der Waals surface area contributed by atoms with Crippen molar-refractivity contribution in [2.75, 3.05) is 31.6 Å². The highest BCUT2D eigenvalue weighted by Gasteiger charge is 2.44. The molecular weight excluding hydrogens is 347 g/mol. The van der Waals surface area contributed by atoms with E-state index in [2.05, 4.69) is 14.9 Å². The average molecular weight is 370 g/mol. The minimum Gasteiger partial charge on any atom is -0.373 e. The van der Waals surface area contributed by atoms with E-state index >= 15 is 0 Å². The van der Waals surface area contributed by atoms with Gasteiger partial charge in [-0.1, -0.05) is 0 Å². The fourth-order valence-corrected chi connectivity index (χ4v) is 3.97. The van der Waals surface area contributed by atoms with Gasteiger partial charge >= 0.3 is 0 Å². The van der Waals surface area contributed by atoms with E-state index in [1.165, 1.54) is 12.1 Å². The predicted molar refractivity (Wildman–Crippen MR) is 99.1 cm³/mol. The highest BCUT2D eigenvalue weighted by molar-refractivity contribution is 5.90. The Hall–Kier alpha value is -2.54. The van der Waals surface area contributed by atoms with Gasteiger partial charge in [0.25, 0.3) is 5.91 Å². The van der Waals surface area contributed by atoms with Crippen molar-refractivity contribution in [2.45, 2.75) is 30.9 Å². The topological polar surface area (TPSA) is 58.6 Å². The van der Waals surface area contributed by atoms with Crippen LogP contribution in [-0.2, 0) is 4.74 Å². The van der Waals surface area contributed by atoms with Crippen LogP contribution < -0.4 is 4.90 Å². The molecule has 1 spiro atoms. The minimum atomic E-state index is -0.231. The van der Waals surface area contributed by atoms with E-state index in [0.29, 0.717) is 19.7 Å². The second-order valence-corrected chi connectivity index (χ2v) is 7.30. The number of amides is 1. The van der Waals surface area contributed by atoms with Crippen molar-refractivity contribution in [3.8, 4) is 0 Å². The van der Waals surface area contributed by atoms with Crippen molar-refractivity contribution in [3.63, 3.8) is 0 Å². The summed E-state index contributed by atoms with van der Waals surface area (Å²) in [6.07, 6.45) is 5.69. The van der Waals surface area contributed by atoms with E-state index in [0.717, 1.165) is 24.9 Å². The lowest BCUT2D eigenvalue weighted by atomic mass is 9.87. The van der Waals surface area contributed by atoms with Gasteiger partial charge in [-0.05, 0) is 49.6 Å². The quantitative estimate of drug-likeness (QED) is 0.831. The van der Waals surface area contributed by atoms with Gasteiger partial charge in [-0.2, -0.15) is 0 Å². The van der Waals surface area contributed by atoms with Gasteiger partial charge in [-0.25, -0.2) is 14.4 Å². The monoisotopic (exact) mass is 370 g/mol. The molecule has 4 rings (SSSR count). The van der Waals surface area contributed by atoms with Gasteiger partial charge < -0.3 is 14.5 Å². The van der Waals surface area contributed by atoms with E-state index < -0.39 is 0 Å². The Bertz CT molecular complexity index is 791. The number of hydrogen-bond acceptors (Lipinski definition) is 5. The summed E-state index contributed by atoms with van der Waals surface area (Å²) in [4.78, 5) is 24.6. The highest BCUT2D eigenvalue weighted by atomic mass is 19.1. The molecule has 0 saturated carbocycles. The molecule has 2 aliphatic rings. The molecule has 1 unspecified atom stereocenters. The molecule has 3 heterocycles. The summed E-state index contributed by atoms with van der Waals surface area (Å²) in [5.41, 5.74) is 0.795. The lowest BCUT2D eigenvalue weighted by Gasteiger charge is -2.38. The number of ether oxygens (including phenoxy) is 1. The number of rotatable bonds is 3. The molecule has 2 aromatic rings. The number of piperidine rings is 1. The Morgan fingerprint density at radius 3 is 2.56 bits per heavy atom. The molecule has 0 bridgehead atoms. The van der Waals surface area contributed by atoms with Crippen molar-refractivity contribution in [1.82, 2.24) is 14.9 Å². The summed E-state index contributed by atoms with van der Waals surface area (Å²) < 4.78 is 19.4. The summed E-state index contributed by atoms with van der Waals surface area (Å²) in [5, 5.41) is 0. The third-order valence-corrected chi connectivity index (χ3v) is 5.69. The fraction of sp³-hybridized carbons (Fsp3) is 0.450. The van der Waals surface area contributed by atoms with Crippen LogP contribution in [0.2, 0.25) is 0 Å². The van der Waals surface area contributed by atoms with Crippen molar-refractivity contribution in [3.05, 3.63) is 54.4 Å². The van der Waals surface area contributed by atoms with Gasteiger partial charge in [0.05, 0.1) is 18.2 Å². The van der Waals surface area contributed by atoms with Crippen LogP contribution in [-0.4, -0.2) is 59.2 Å². The summed E-state index contributed by atoms with van der Waals surface area (Å²) in [6, 6.07) is 8.49. The Balaban J connectivity index is 1.36. The molecule has 1 aromatic heterocycles. The molecule has 6 nitrogen and oxygen atoms in total. The number of anilines is 1. The van der Waals surface area contributed by atoms with Crippen LogP contribution in [0.25, 0.3) is 0 Å². The smallest absolute Gasteiger partial charge is 0.291 e. The van der Waals surface area contributed by atoms with Gasteiger partial charge in [0.15, 0.2) is 0 Å². The zero-order chi connectivity index (χ0) is 18.9. The maximum atomic E-state index is 13.2. The van der Waals surface area contributed by atoms with Crippen molar-refractivity contribution >= 4 is 11.6 Å². The highest BCUT2D eigenvalue weighted by Crippen LogP contribution is 2.38. The lowest BCUT2D eigenvalue weighted by molar-refractivity contribution is -0.0390. The maximum absolute atomic E-state index is 13.2. The Labute approximate surface area is 158 Å². The minimum absolute atomic E-state index is 0.122. The number of halogens is 1. The molecule has 1 aromatic carbocycles. The number of benzene rings is 1. The molecule has 1 amide bonds. The molecule has 2 fully saturated rings. The van der Waals surface area contributed by atoms with E-state index in [1.54, 1.807) is 35.5 Å². The fourth-order valence-electron chi connectivity index (χ4n) is 3.97. The zero-order valence-corrected chi connectivity index (χ0v) is 15.3. The van der Waals surface area contributed by atoms with E-state index in [-0.39, 0.29) is 29.2 Å². The van der Waals surface area contributed by atoms with Crippen LogP contribution in [0.4, 0.5) is 10.1 Å². The first-order valence-corrected chi connectivity index (χ1v) is 9.25. The van der Waals surface area contributed by atoms with Crippen LogP contribution >= 0.6 is 0 Å². The Morgan fingerprint density at radius 2 is 1.89 bits per heavy atom. The first-order chi connectivity index (χ1) is 13.1. The van der Waals surface area contributed by atoms with Crippen LogP contribution in [0.1, 0.15) is 29.9 Å². The average Bonchev–Trinajstić information content (AvgIpc) is 3.12. The number of likely N-dealkylation sites (N-methyl/N-ethyl adjacent to an activating group) is 1. The number of carbonyl (C=O) groups is 1. The van der Waals surface area contributed by atoms with Gasteiger partial charge in [0, 0.05) is 38.2 Å². The van der Waals surface area contributed by atoms with Gasteiger partial charge in [0.2, 0.25) is 5.82 Å². The van der Waals surface area contributed by atoms with Crippen molar-refractivity contribution < 1.29 is 13.9 Å². The molecule has 1 atom stereocenters. The second kappa shape index (κ2) is 7.23. The van der Waals surface area contributed by atoms with Crippen LogP contribution in [0.5, 0.6) is 0 Å². The van der Waals surface area contributed by atoms with E-state index in [1.807, 2.05) is 7.05 Å². The molecule has 0 radical (unpaired) electrons. The molecule has 0 N–H and O–H groups in total. The third kappa shape index (κ3) is 3.64. The molecule has 2 aliphatic heterocycles. The van der Waals surface area contributed by atoms with Crippen molar-refractivity contribution in [2.24, 2.45) is 0 Å². The SMILES string of the molecule is CN(c1ccc(F)cc1)C1COC2(CCN(C(=O)c3ncccn3)CC2)C1. The first kappa shape index (κ1) is 17.9. The Kier molecular flexibility index (Phi) is 4.78. The maximum Gasteiger partial charge on any atom is 0.291 e.